The maximum atomic E-state index is 14.3. The van der Waals surface area contributed by atoms with E-state index >= 15 is 0 Å². The minimum Gasteiger partial charge on any atom is -0.370 e. The number of hydrogen-bond acceptors (Lipinski definition) is 5. The summed E-state index contributed by atoms with van der Waals surface area (Å²) in [5, 5.41) is 9.89. The number of nitriles is 1. The van der Waals surface area contributed by atoms with Crippen molar-refractivity contribution in [3.05, 3.63) is 35.5 Å². The number of anilines is 1. The van der Waals surface area contributed by atoms with E-state index in [1.807, 2.05) is 25.7 Å². The first-order valence-electron chi connectivity index (χ1n) is 12.5. The van der Waals surface area contributed by atoms with Crippen molar-refractivity contribution in [3.63, 3.8) is 0 Å². The van der Waals surface area contributed by atoms with Crippen molar-refractivity contribution in [1.29, 1.82) is 5.26 Å². The molecule has 4 rings (SSSR count). The van der Waals surface area contributed by atoms with Gasteiger partial charge in [-0.2, -0.15) is 5.26 Å². The van der Waals surface area contributed by atoms with Gasteiger partial charge >= 0.3 is 6.03 Å². The molecule has 0 radical (unpaired) electrons. The van der Waals surface area contributed by atoms with Gasteiger partial charge in [-0.15, -0.1) is 0 Å². The van der Waals surface area contributed by atoms with Gasteiger partial charge in [0.05, 0.1) is 28.3 Å². The third kappa shape index (κ3) is 4.79. The Balaban J connectivity index is 1.63. The molecule has 0 N–H and O–H groups in total. The SMILES string of the molecule is CCN(CC)C(=O)N1CCN(C(=O)c2cnc3cc(F)c(F)cc3c2N2CCC(C)(C#N)CC2)CC1. The summed E-state index contributed by atoms with van der Waals surface area (Å²) in [6.07, 6.45) is 2.62. The van der Waals surface area contributed by atoms with E-state index in [4.69, 9.17) is 0 Å². The van der Waals surface area contributed by atoms with E-state index in [0.29, 0.717) is 81.8 Å². The molecular formula is C26H32F2N6O2. The molecule has 1 aromatic carbocycles. The zero-order chi connectivity index (χ0) is 26.0. The van der Waals surface area contributed by atoms with Crippen LogP contribution in [0.25, 0.3) is 10.9 Å². The van der Waals surface area contributed by atoms with Crippen LogP contribution in [0.4, 0.5) is 19.3 Å². The van der Waals surface area contributed by atoms with E-state index in [-0.39, 0.29) is 17.5 Å². The van der Waals surface area contributed by atoms with E-state index in [1.165, 1.54) is 6.20 Å². The number of aromatic nitrogens is 1. The lowest BCUT2D eigenvalue weighted by Gasteiger charge is -2.39. The fourth-order valence-corrected chi connectivity index (χ4v) is 4.97. The Labute approximate surface area is 210 Å². The molecule has 3 amide bonds. The highest BCUT2D eigenvalue weighted by molar-refractivity contribution is 6.07. The molecule has 2 aliphatic heterocycles. The number of benzene rings is 1. The Morgan fingerprint density at radius 3 is 2.19 bits per heavy atom. The molecule has 0 saturated carbocycles. The molecule has 192 valence electrons. The lowest BCUT2D eigenvalue weighted by Crippen LogP contribution is -2.54. The number of halogens is 2. The number of amides is 3. The van der Waals surface area contributed by atoms with Crippen molar-refractivity contribution < 1.29 is 18.4 Å². The summed E-state index contributed by atoms with van der Waals surface area (Å²) in [6, 6.07) is 4.47. The molecule has 0 aliphatic carbocycles. The Morgan fingerprint density at radius 1 is 1.03 bits per heavy atom. The van der Waals surface area contributed by atoms with Gasteiger partial charge in [-0.25, -0.2) is 13.6 Å². The van der Waals surface area contributed by atoms with Crippen molar-refractivity contribution >= 4 is 28.5 Å². The normalized spacial score (nSPS) is 17.7. The average molecular weight is 499 g/mol. The monoisotopic (exact) mass is 498 g/mol. The van der Waals surface area contributed by atoms with E-state index in [9.17, 15) is 23.6 Å². The van der Waals surface area contributed by atoms with Crippen molar-refractivity contribution in [2.24, 2.45) is 5.41 Å². The van der Waals surface area contributed by atoms with Gasteiger partial charge in [0.25, 0.3) is 5.91 Å². The molecule has 2 fully saturated rings. The van der Waals surface area contributed by atoms with Gasteiger partial charge in [-0.3, -0.25) is 9.78 Å². The maximum Gasteiger partial charge on any atom is 0.320 e. The number of carbonyl (C=O) groups is 2. The molecule has 8 nitrogen and oxygen atoms in total. The Hall–Kier alpha value is -3.48. The van der Waals surface area contributed by atoms with E-state index < -0.39 is 17.0 Å². The highest BCUT2D eigenvalue weighted by Crippen LogP contribution is 2.37. The van der Waals surface area contributed by atoms with Crippen LogP contribution in [0.5, 0.6) is 0 Å². The second-order valence-electron chi connectivity index (χ2n) is 9.70. The van der Waals surface area contributed by atoms with Gasteiger partial charge < -0.3 is 19.6 Å². The lowest BCUT2D eigenvalue weighted by atomic mass is 9.81. The zero-order valence-corrected chi connectivity index (χ0v) is 21.1. The molecule has 10 heteroatoms. The molecule has 0 atom stereocenters. The predicted octanol–water partition coefficient (Wildman–Crippen LogP) is 3.86. The van der Waals surface area contributed by atoms with Crippen molar-refractivity contribution in [2.75, 3.05) is 57.3 Å². The molecule has 0 bridgehead atoms. The molecule has 2 aliphatic rings. The highest BCUT2D eigenvalue weighted by Gasteiger charge is 2.34. The quantitative estimate of drug-likeness (QED) is 0.639. The fourth-order valence-electron chi connectivity index (χ4n) is 4.97. The minimum absolute atomic E-state index is 0.0356. The summed E-state index contributed by atoms with van der Waals surface area (Å²) >= 11 is 0. The molecule has 2 saturated heterocycles. The molecule has 0 unspecified atom stereocenters. The topological polar surface area (TPSA) is 83.8 Å². The fraction of sp³-hybridized carbons (Fsp3) is 0.538. The van der Waals surface area contributed by atoms with Gasteiger partial charge in [0, 0.05) is 70.0 Å². The zero-order valence-electron chi connectivity index (χ0n) is 21.1. The van der Waals surface area contributed by atoms with Crippen LogP contribution in [-0.2, 0) is 0 Å². The summed E-state index contributed by atoms with van der Waals surface area (Å²) in [4.78, 5) is 37.8. The third-order valence-electron chi connectivity index (χ3n) is 7.44. The second-order valence-corrected chi connectivity index (χ2v) is 9.70. The Bertz CT molecular complexity index is 1190. The smallest absolute Gasteiger partial charge is 0.320 e. The summed E-state index contributed by atoms with van der Waals surface area (Å²) in [7, 11) is 0. The van der Waals surface area contributed by atoms with Gasteiger partial charge in [-0.1, -0.05) is 0 Å². The van der Waals surface area contributed by atoms with Gasteiger partial charge in [0.1, 0.15) is 0 Å². The van der Waals surface area contributed by atoms with Gasteiger partial charge in [0.2, 0.25) is 0 Å². The number of rotatable bonds is 4. The number of hydrogen-bond donors (Lipinski definition) is 0. The number of urea groups is 1. The van der Waals surface area contributed by atoms with Gasteiger partial charge in [-0.05, 0) is 39.7 Å². The predicted molar refractivity (Wildman–Crippen MR) is 133 cm³/mol. The van der Waals surface area contributed by atoms with Crippen molar-refractivity contribution in [1.82, 2.24) is 19.7 Å². The Morgan fingerprint density at radius 2 is 1.61 bits per heavy atom. The third-order valence-corrected chi connectivity index (χ3v) is 7.44. The van der Waals surface area contributed by atoms with E-state index in [0.717, 1.165) is 12.1 Å². The van der Waals surface area contributed by atoms with E-state index in [1.54, 1.807) is 14.7 Å². The lowest BCUT2D eigenvalue weighted by molar-refractivity contribution is 0.0641. The number of fused-ring (bicyclic) bond motifs is 1. The average Bonchev–Trinajstić information content (AvgIpc) is 2.90. The van der Waals surface area contributed by atoms with Crippen LogP contribution in [0.3, 0.4) is 0 Å². The van der Waals surface area contributed by atoms with Crippen molar-refractivity contribution in [3.8, 4) is 6.07 Å². The summed E-state index contributed by atoms with van der Waals surface area (Å²) in [5.41, 5.74) is 0.640. The number of carbonyl (C=O) groups excluding carboxylic acids is 2. The van der Waals surface area contributed by atoms with Crippen LogP contribution >= 0.6 is 0 Å². The standard InChI is InChI=1S/C26H32F2N6O2/c1-4-31(5-2)25(36)34-12-10-33(11-13-34)24(35)19-16-30-22-15-21(28)20(27)14-18(22)23(19)32-8-6-26(3,17-29)7-9-32/h14-16H,4-13H2,1-3H3. The Kier molecular flexibility index (Phi) is 7.29. The molecule has 2 aromatic rings. The van der Waals surface area contributed by atoms with Crippen LogP contribution in [-0.4, -0.2) is 84.0 Å². The molecule has 1 aromatic heterocycles. The summed E-state index contributed by atoms with van der Waals surface area (Å²) in [5.74, 6) is -2.25. The highest BCUT2D eigenvalue weighted by atomic mass is 19.2. The first kappa shape index (κ1) is 25.6. The number of piperidine rings is 1. The summed E-state index contributed by atoms with van der Waals surface area (Å²) < 4.78 is 28.3. The molecule has 3 heterocycles. The largest absolute Gasteiger partial charge is 0.370 e. The number of pyridine rings is 1. The summed E-state index contributed by atoms with van der Waals surface area (Å²) in [6.45, 7) is 9.62. The van der Waals surface area contributed by atoms with Crippen LogP contribution < -0.4 is 4.90 Å². The first-order chi connectivity index (χ1) is 17.2. The number of nitrogens with zero attached hydrogens (tertiary/aromatic N) is 6. The van der Waals surface area contributed by atoms with E-state index in [2.05, 4.69) is 11.1 Å². The first-order valence-corrected chi connectivity index (χ1v) is 12.5. The van der Waals surface area contributed by atoms with Crippen LogP contribution in [0.15, 0.2) is 18.3 Å². The van der Waals surface area contributed by atoms with Crippen LogP contribution in [0.2, 0.25) is 0 Å². The maximum absolute atomic E-state index is 14.3. The number of piperazine rings is 1. The second kappa shape index (κ2) is 10.2. The molecule has 36 heavy (non-hydrogen) atoms. The van der Waals surface area contributed by atoms with Crippen LogP contribution in [0, 0.1) is 28.4 Å². The van der Waals surface area contributed by atoms with Crippen LogP contribution in [0.1, 0.15) is 44.0 Å². The molecule has 0 spiro atoms. The molecular weight excluding hydrogens is 466 g/mol. The van der Waals surface area contributed by atoms with Gasteiger partial charge in [0.15, 0.2) is 11.6 Å². The minimum atomic E-state index is -1.00. The van der Waals surface area contributed by atoms with Crippen molar-refractivity contribution in [2.45, 2.75) is 33.6 Å².